The Kier molecular flexibility index (Phi) is 5.51. The summed E-state index contributed by atoms with van der Waals surface area (Å²) >= 11 is 0. The lowest BCUT2D eigenvalue weighted by Gasteiger charge is -2.10. The molecule has 0 radical (unpaired) electrons. The molecule has 0 heterocycles. The molecule has 3 N–H and O–H groups in total. The molecular weight excluding hydrogens is 312 g/mol. The van der Waals surface area contributed by atoms with Gasteiger partial charge in [-0.3, -0.25) is 15.0 Å². The molecule has 7 nitrogen and oxygen atoms in total. The van der Waals surface area contributed by atoms with Gasteiger partial charge in [-0.2, -0.15) is 0 Å². The number of methoxy groups -OCH3 is 1. The van der Waals surface area contributed by atoms with Crippen molar-refractivity contribution in [2.45, 2.75) is 6.42 Å². The molecule has 24 heavy (non-hydrogen) atoms. The summed E-state index contributed by atoms with van der Waals surface area (Å²) in [5.41, 5.74) is 5.48. The number of hydrazine groups is 1. The summed E-state index contributed by atoms with van der Waals surface area (Å²) < 4.78 is 4.36. The van der Waals surface area contributed by atoms with Gasteiger partial charge >= 0.3 is 6.09 Å². The molecule has 2 aromatic carbocycles. The standard InChI is InChI=1S/C17H16N2O5/c1-24-17(23)19-18-16(22)14-5-3-2-4-12(14)10-15(21)11-6-8-13(20)9-7-11/h2-9,20H,10H2,1H3,(H,18,22)(H,19,23). The van der Waals surface area contributed by atoms with Crippen molar-refractivity contribution in [3.05, 3.63) is 65.2 Å². The molecule has 0 aliphatic rings. The minimum Gasteiger partial charge on any atom is -0.508 e. The number of carbonyl (C=O) groups is 3. The molecular formula is C17H16N2O5. The molecule has 0 aromatic heterocycles. The molecule has 7 heteroatoms. The Labute approximate surface area is 138 Å². The van der Waals surface area contributed by atoms with Crippen LogP contribution in [-0.4, -0.2) is 30.0 Å². The number of phenolic OH excluding ortho intramolecular Hbond substituents is 1. The fourth-order valence-corrected chi connectivity index (χ4v) is 2.04. The van der Waals surface area contributed by atoms with Crippen molar-refractivity contribution in [3.8, 4) is 5.75 Å². The summed E-state index contributed by atoms with van der Waals surface area (Å²) in [6, 6.07) is 12.4. The molecule has 0 saturated heterocycles. The predicted octanol–water partition coefficient (Wildman–Crippen LogP) is 1.82. The number of amides is 2. The first-order valence-electron chi connectivity index (χ1n) is 7.05. The summed E-state index contributed by atoms with van der Waals surface area (Å²) in [6.07, 6.45) is -0.798. The van der Waals surface area contributed by atoms with Gasteiger partial charge in [0.1, 0.15) is 5.75 Å². The van der Waals surface area contributed by atoms with Gasteiger partial charge in [-0.15, -0.1) is 0 Å². The number of rotatable bonds is 4. The summed E-state index contributed by atoms with van der Waals surface area (Å²) in [5, 5.41) is 9.26. The van der Waals surface area contributed by atoms with E-state index in [9.17, 15) is 19.5 Å². The highest BCUT2D eigenvalue weighted by Gasteiger charge is 2.15. The summed E-state index contributed by atoms with van der Waals surface area (Å²) in [4.78, 5) is 35.4. The SMILES string of the molecule is COC(=O)NNC(=O)c1ccccc1CC(=O)c1ccc(O)cc1. The van der Waals surface area contributed by atoms with Crippen LogP contribution in [0.4, 0.5) is 4.79 Å². The van der Waals surface area contributed by atoms with Gasteiger partial charge in [0.25, 0.3) is 5.91 Å². The number of hydrogen-bond acceptors (Lipinski definition) is 5. The third-order valence-corrected chi connectivity index (χ3v) is 3.27. The fraction of sp³-hybridized carbons (Fsp3) is 0.118. The second-order valence-corrected chi connectivity index (χ2v) is 4.87. The first-order valence-corrected chi connectivity index (χ1v) is 7.05. The van der Waals surface area contributed by atoms with Crippen molar-refractivity contribution < 1.29 is 24.2 Å². The van der Waals surface area contributed by atoms with E-state index in [0.29, 0.717) is 11.1 Å². The van der Waals surface area contributed by atoms with Crippen molar-refractivity contribution in [1.82, 2.24) is 10.9 Å². The van der Waals surface area contributed by atoms with Crippen LogP contribution in [0.15, 0.2) is 48.5 Å². The number of hydrogen-bond donors (Lipinski definition) is 3. The van der Waals surface area contributed by atoms with Crippen molar-refractivity contribution in [3.63, 3.8) is 0 Å². The minimum absolute atomic E-state index is 0.00654. The Bertz CT molecular complexity index is 756. The second-order valence-electron chi connectivity index (χ2n) is 4.87. The highest BCUT2D eigenvalue weighted by Crippen LogP contribution is 2.15. The predicted molar refractivity (Wildman–Crippen MR) is 85.6 cm³/mol. The Balaban J connectivity index is 2.13. The van der Waals surface area contributed by atoms with Crippen molar-refractivity contribution in [2.24, 2.45) is 0 Å². The van der Waals surface area contributed by atoms with Crippen molar-refractivity contribution in [1.29, 1.82) is 0 Å². The maximum Gasteiger partial charge on any atom is 0.425 e. The second kappa shape index (κ2) is 7.77. The van der Waals surface area contributed by atoms with E-state index in [2.05, 4.69) is 15.6 Å². The van der Waals surface area contributed by atoms with Crippen LogP contribution in [0, 0.1) is 0 Å². The van der Waals surface area contributed by atoms with Crippen LogP contribution in [0.5, 0.6) is 5.75 Å². The average molecular weight is 328 g/mol. The van der Waals surface area contributed by atoms with E-state index in [-0.39, 0.29) is 23.5 Å². The molecule has 2 rings (SSSR count). The van der Waals surface area contributed by atoms with Gasteiger partial charge in [-0.05, 0) is 35.9 Å². The number of aromatic hydroxyl groups is 1. The number of benzene rings is 2. The highest BCUT2D eigenvalue weighted by molar-refractivity contribution is 6.01. The topological polar surface area (TPSA) is 105 Å². The van der Waals surface area contributed by atoms with Crippen LogP contribution in [0.25, 0.3) is 0 Å². The lowest BCUT2D eigenvalue weighted by Crippen LogP contribution is -2.41. The van der Waals surface area contributed by atoms with Crippen LogP contribution in [0.2, 0.25) is 0 Å². The lowest BCUT2D eigenvalue weighted by atomic mass is 9.98. The van der Waals surface area contributed by atoms with Gasteiger partial charge in [-0.25, -0.2) is 10.2 Å². The smallest absolute Gasteiger partial charge is 0.425 e. The number of carbonyl (C=O) groups excluding carboxylic acids is 3. The molecule has 0 atom stereocenters. The van der Waals surface area contributed by atoms with Gasteiger partial charge < -0.3 is 9.84 Å². The Hall–Kier alpha value is -3.35. The van der Waals surface area contributed by atoms with E-state index in [1.165, 1.54) is 31.4 Å². The molecule has 124 valence electrons. The number of ether oxygens (including phenoxy) is 1. The third-order valence-electron chi connectivity index (χ3n) is 3.27. The van der Waals surface area contributed by atoms with E-state index in [0.717, 1.165) is 0 Å². The van der Waals surface area contributed by atoms with Gasteiger partial charge in [-0.1, -0.05) is 18.2 Å². The van der Waals surface area contributed by atoms with Crippen LogP contribution in [-0.2, 0) is 11.2 Å². The molecule has 0 unspecified atom stereocenters. The van der Waals surface area contributed by atoms with E-state index >= 15 is 0 Å². The Morgan fingerprint density at radius 3 is 2.33 bits per heavy atom. The average Bonchev–Trinajstić information content (AvgIpc) is 2.60. The molecule has 2 amide bonds. The molecule has 0 saturated carbocycles. The van der Waals surface area contributed by atoms with E-state index in [1.807, 2.05) is 0 Å². The van der Waals surface area contributed by atoms with E-state index < -0.39 is 12.0 Å². The quantitative estimate of drug-likeness (QED) is 0.586. The maximum absolute atomic E-state index is 12.3. The van der Waals surface area contributed by atoms with Gasteiger partial charge in [0.05, 0.1) is 7.11 Å². The van der Waals surface area contributed by atoms with Crippen LogP contribution in [0.1, 0.15) is 26.3 Å². The number of Topliss-reactive ketones (excluding diaryl/α,β-unsaturated/α-hetero) is 1. The molecule has 0 spiro atoms. The molecule has 0 bridgehead atoms. The zero-order valence-corrected chi connectivity index (χ0v) is 12.9. The molecule has 0 aliphatic carbocycles. The van der Waals surface area contributed by atoms with E-state index in [1.54, 1.807) is 24.3 Å². The maximum atomic E-state index is 12.3. The first kappa shape index (κ1) is 17.0. The molecule has 0 aliphatic heterocycles. The number of phenols is 1. The fourth-order valence-electron chi connectivity index (χ4n) is 2.04. The summed E-state index contributed by atoms with van der Waals surface area (Å²) in [6.45, 7) is 0. The van der Waals surface area contributed by atoms with Crippen LogP contribution < -0.4 is 10.9 Å². The van der Waals surface area contributed by atoms with Crippen molar-refractivity contribution in [2.75, 3.05) is 7.11 Å². The zero-order valence-electron chi connectivity index (χ0n) is 12.9. The largest absolute Gasteiger partial charge is 0.508 e. The molecule has 0 fully saturated rings. The van der Waals surface area contributed by atoms with Crippen molar-refractivity contribution >= 4 is 17.8 Å². The van der Waals surface area contributed by atoms with Crippen LogP contribution >= 0.6 is 0 Å². The first-order chi connectivity index (χ1) is 11.5. The Morgan fingerprint density at radius 1 is 1.00 bits per heavy atom. The summed E-state index contributed by atoms with van der Waals surface area (Å²) in [5.74, 6) is -0.689. The summed E-state index contributed by atoms with van der Waals surface area (Å²) in [7, 11) is 1.17. The minimum atomic E-state index is -0.805. The third kappa shape index (κ3) is 4.33. The Morgan fingerprint density at radius 2 is 1.67 bits per heavy atom. The zero-order chi connectivity index (χ0) is 17.5. The van der Waals surface area contributed by atoms with E-state index in [4.69, 9.17) is 0 Å². The van der Waals surface area contributed by atoms with Gasteiger partial charge in [0.2, 0.25) is 0 Å². The van der Waals surface area contributed by atoms with Gasteiger partial charge in [0, 0.05) is 17.5 Å². The van der Waals surface area contributed by atoms with Gasteiger partial charge in [0.15, 0.2) is 5.78 Å². The molecule has 2 aromatic rings. The highest BCUT2D eigenvalue weighted by atomic mass is 16.5. The monoisotopic (exact) mass is 328 g/mol. The number of ketones is 1. The number of nitrogens with one attached hydrogen (secondary N) is 2. The normalized spacial score (nSPS) is 9.88. The lowest BCUT2D eigenvalue weighted by molar-refractivity contribution is 0.0919. The van der Waals surface area contributed by atoms with Crippen LogP contribution in [0.3, 0.4) is 0 Å².